The molecule has 9 nitrogen and oxygen atoms in total. The van der Waals surface area contributed by atoms with Crippen LogP contribution in [0.15, 0.2) is 48.5 Å². The molecule has 0 saturated carbocycles. The number of methoxy groups -OCH3 is 1. The fourth-order valence-corrected chi connectivity index (χ4v) is 6.73. The first-order chi connectivity index (χ1) is 16.2. The fraction of sp³-hybridized carbons (Fsp3) is 0.333. The lowest BCUT2D eigenvalue weighted by Gasteiger charge is -2.46. The van der Waals surface area contributed by atoms with Gasteiger partial charge in [0.05, 0.1) is 33.8 Å². The molecular formula is C24H22N2O7S. The van der Waals surface area contributed by atoms with Crippen molar-refractivity contribution in [2.75, 3.05) is 7.11 Å². The van der Waals surface area contributed by atoms with Gasteiger partial charge in [-0.2, -0.15) is 0 Å². The number of β-lactam (4-membered cyclic amide) rings is 1. The standard InChI is InChI=1S/C24H22N2O7S/c1-24(2)18(23(30)33-12-13-8-10-14(32-3)11-9-13)26-21(29)17(22(26)34(24)31)25-19(27)15-6-4-5-7-16(15)20(25)28/h4-11,17-18,22H,12H2,1-3H3/t17-,18+,22?,34?/m1/s1. The Balaban J connectivity index is 1.37. The molecule has 3 amide bonds. The minimum Gasteiger partial charge on any atom is -0.497 e. The highest BCUT2D eigenvalue weighted by atomic mass is 32.2. The second-order valence-electron chi connectivity index (χ2n) is 8.87. The van der Waals surface area contributed by atoms with Gasteiger partial charge in [0.15, 0.2) is 6.04 Å². The van der Waals surface area contributed by atoms with Crippen molar-refractivity contribution in [3.63, 3.8) is 0 Å². The highest BCUT2D eigenvalue weighted by Crippen LogP contribution is 2.46. The Labute approximate surface area is 198 Å². The summed E-state index contributed by atoms with van der Waals surface area (Å²) in [4.78, 5) is 54.1. The molecule has 2 fully saturated rings. The molecule has 2 aromatic carbocycles. The van der Waals surface area contributed by atoms with Gasteiger partial charge in [0.1, 0.15) is 23.8 Å². The van der Waals surface area contributed by atoms with Gasteiger partial charge in [-0.15, -0.1) is 0 Å². The third-order valence-corrected chi connectivity index (χ3v) is 8.78. The summed E-state index contributed by atoms with van der Waals surface area (Å²) < 4.78 is 22.8. The lowest BCUT2D eigenvalue weighted by Crippen LogP contribution is -2.72. The van der Waals surface area contributed by atoms with E-state index in [1.54, 1.807) is 57.4 Å². The van der Waals surface area contributed by atoms with Crippen molar-refractivity contribution >= 4 is 34.5 Å². The van der Waals surface area contributed by atoms with E-state index in [-0.39, 0.29) is 17.7 Å². The molecule has 2 aromatic rings. The molecule has 10 heteroatoms. The number of ether oxygens (including phenoxy) is 2. The van der Waals surface area contributed by atoms with Crippen LogP contribution in [0, 0.1) is 0 Å². The third-order valence-electron chi connectivity index (χ3n) is 6.59. The summed E-state index contributed by atoms with van der Waals surface area (Å²) in [5, 5.41) is -0.969. The van der Waals surface area contributed by atoms with Crippen LogP contribution >= 0.6 is 0 Å². The molecule has 176 valence electrons. The topological polar surface area (TPSA) is 110 Å². The van der Waals surface area contributed by atoms with Crippen LogP contribution in [0.5, 0.6) is 5.75 Å². The first-order valence-electron chi connectivity index (χ1n) is 10.7. The molecule has 3 aliphatic rings. The molecule has 3 heterocycles. The van der Waals surface area contributed by atoms with E-state index in [2.05, 4.69) is 0 Å². The van der Waals surface area contributed by atoms with Gasteiger partial charge in [-0.25, -0.2) is 4.79 Å². The second-order valence-corrected chi connectivity index (χ2v) is 11.0. The molecule has 4 atom stereocenters. The maximum absolute atomic E-state index is 13.4. The number of nitrogens with zero attached hydrogens (tertiary/aromatic N) is 2. The number of fused-ring (bicyclic) bond motifs is 2. The van der Waals surface area contributed by atoms with Gasteiger partial charge in [-0.05, 0) is 43.7 Å². The van der Waals surface area contributed by atoms with E-state index in [0.29, 0.717) is 5.75 Å². The van der Waals surface area contributed by atoms with E-state index in [4.69, 9.17) is 9.47 Å². The Hall–Kier alpha value is -3.53. The van der Waals surface area contributed by atoms with Crippen LogP contribution in [0.4, 0.5) is 0 Å². The summed E-state index contributed by atoms with van der Waals surface area (Å²) in [5.41, 5.74) is 1.14. The largest absolute Gasteiger partial charge is 0.497 e. The number of hydrogen-bond acceptors (Lipinski definition) is 7. The molecule has 0 radical (unpaired) electrons. The summed E-state index contributed by atoms with van der Waals surface area (Å²) in [7, 11) is -0.176. The number of amides is 3. The minimum atomic E-state index is -1.72. The molecule has 0 N–H and O–H groups in total. The van der Waals surface area contributed by atoms with Crippen LogP contribution in [-0.2, 0) is 31.7 Å². The van der Waals surface area contributed by atoms with Gasteiger partial charge < -0.3 is 14.4 Å². The summed E-state index contributed by atoms with van der Waals surface area (Å²) >= 11 is 0. The van der Waals surface area contributed by atoms with E-state index in [1.165, 1.54) is 17.0 Å². The van der Waals surface area contributed by atoms with Crippen molar-refractivity contribution in [2.24, 2.45) is 0 Å². The SMILES string of the molecule is COc1ccc(COC(=O)[C@@H]2N3C(=O)[C@@H](N4C(=O)c5ccccc5C4=O)C3S(=O)C2(C)C)cc1. The number of carbonyl (C=O) groups is 4. The number of rotatable bonds is 5. The highest BCUT2D eigenvalue weighted by molar-refractivity contribution is 7.87. The zero-order valence-electron chi connectivity index (χ0n) is 18.7. The molecular weight excluding hydrogens is 460 g/mol. The van der Waals surface area contributed by atoms with Crippen LogP contribution in [0.3, 0.4) is 0 Å². The average Bonchev–Trinajstić information content (AvgIpc) is 3.19. The second kappa shape index (κ2) is 7.76. The van der Waals surface area contributed by atoms with E-state index in [0.717, 1.165) is 10.5 Å². The Bertz CT molecular complexity index is 1220. The van der Waals surface area contributed by atoms with Gasteiger partial charge in [0, 0.05) is 0 Å². The van der Waals surface area contributed by atoms with Crippen molar-refractivity contribution in [1.29, 1.82) is 0 Å². The third kappa shape index (κ3) is 3.01. The van der Waals surface area contributed by atoms with Crippen LogP contribution in [0.2, 0.25) is 0 Å². The Morgan fingerprint density at radius 3 is 2.15 bits per heavy atom. The van der Waals surface area contributed by atoms with Gasteiger partial charge in [-0.1, -0.05) is 24.3 Å². The molecule has 0 bridgehead atoms. The Morgan fingerprint density at radius 2 is 1.59 bits per heavy atom. The molecule has 2 unspecified atom stereocenters. The molecule has 0 spiro atoms. The van der Waals surface area contributed by atoms with E-state index in [1.807, 2.05) is 0 Å². The Kier molecular flexibility index (Phi) is 5.09. The highest BCUT2D eigenvalue weighted by Gasteiger charge is 2.71. The number of hydrogen-bond donors (Lipinski definition) is 0. The van der Waals surface area contributed by atoms with Crippen LogP contribution < -0.4 is 4.74 Å². The summed E-state index contributed by atoms with van der Waals surface area (Å²) in [5.74, 6) is -1.82. The quantitative estimate of drug-likeness (QED) is 0.361. The number of imide groups is 1. The lowest BCUT2D eigenvalue weighted by atomic mass is 9.95. The van der Waals surface area contributed by atoms with Gasteiger partial charge in [0.25, 0.3) is 17.7 Å². The Morgan fingerprint density at radius 1 is 1.00 bits per heavy atom. The number of esters is 1. The molecule has 3 aliphatic heterocycles. The van der Waals surface area contributed by atoms with Crippen molar-refractivity contribution in [2.45, 2.75) is 42.7 Å². The lowest BCUT2D eigenvalue weighted by molar-refractivity contribution is -0.166. The maximum Gasteiger partial charge on any atom is 0.330 e. The predicted molar refractivity (Wildman–Crippen MR) is 120 cm³/mol. The monoisotopic (exact) mass is 482 g/mol. The minimum absolute atomic E-state index is 0.0312. The van der Waals surface area contributed by atoms with Crippen molar-refractivity contribution in [1.82, 2.24) is 9.80 Å². The molecule has 0 aliphatic carbocycles. The summed E-state index contributed by atoms with van der Waals surface area (Å²) in [6, 6.07) is 11.0. The summed E-state index contributed by atoms with van der Waals surface area (Å²) in [6.07, 6.45) is 0. The van der Waals surface area contributed by atoms with Gasteiger partial charge >= 0.3 is 5.97 Å². The molecule has 34 heavy (non-hydrogen) atoms. The smallest absolute Gasteiger partial charge is 0.330 e. The zero-order valence-corrected chi connectivity index (χ0v) is 19.5. The van der Waals surface area contributed by atoms with Crippen LogP contribution in [0.1, 0.15) is 40.1 Å². The first kappa shape index (κ1) is 22.3. The fourth-order valence-electron chi connectivity index (χ4n) is 4.77. The van der Waals surface area contributed by atoms with Crippen LogP contribution in [0.25, 0.3) is 0 Å². The van der Waals surface area contributed by atoms with E-state index < -0.39 is 56.7 Å². The van der Waals surface area contributed by atoms with Crippen molar-refractivity contribution in [3.05, 3.63) is 65.2 Å². The van der Waals surface area contributed by atoms with E-state index >= 15 is 0 Å². The number of carbonyl (C=O) groups excluding carboxylic acids is 4. The van der Waals surface area contributed by atoms with Crippen molar-refractivity contribution < 1.29 is 32.9 Å². The maximum atomic E-state index is 13.4. The normalized spacial score (nSPS) is 26.7. The van der Waals surface area contributed by atoms with Crippen molar-refractivity contribution in [3.8, 4) is 5.75 Å². The number of benzene rings is 2. The molecule has 5 rings (SSSR count). The predicted octanol–water partition coefficient (Wildman–Crippen LogP) is 1.48. The van der Waals surface area contributed by atoms with Gasteiger partial charge in [0.2, 0.25) is 0 Å². The van der Waals surface area contributed by atoms with Gasteiger partial charge in [-0.3, -0.25) is 23.5 Å². The average molecular weight is 483 g/mol. The van der Waals surface area contributed by atoms with Crippen LogP contribution in [-0.4, -0.2) is 67.0 Å². The molecule has 0 aromatic heterocycles. The summed E-state index contributed by atoms with van der Waals surface area (Å²) in [6.45, 7) is 3.21. The zero-order chi connectivity index (χ0) is 24.4. The first-order valence-corrected chi connectivity index (χ1v) is 11.9. The molecule has 2 saturated heterocycles. The van der Waals surface area contributed by atoms with E-state index in [9.17, 15) is 23.4 Å².